The monoisotopic (exact) mass is 353 g/mol. The van der Waals surface area contributed by atoms with Crippen molar-refractivity contribution in [1.29, 1.82) is 0 Å². The van der Waals surface area contributed by atoms with Gasteiger partial charge in [-0.25, -0.2) is 19.7 Å². The van der Waals surface area contributed by atoms with E-state index in [-0.39, 0.29) is 5.75 Å². The minimum atomic E-state index is -0.413. The van der Waals surface area contributed by atoms with Crippen molar-refractivity contribution < 1.29 is 9.90 Å². The van der Waals surface area contributed by atoms with Gasteiger partial charge in [0.25, 0.3) is 0 Å². The van der Waals surface area contributed by atoms with E-state index in [2.05, 4.69) is 39.7 Å². The van der Waals surface area contributed by atoms with Crippen molar-refractivity contribution in [2.45, 2.75) is 0 Å². The van der Waals surface area contributed by atoms with Crippen LogP contribution in [0.5, 0.6) is 5.75 Å². The second-order valence-corrected chi connectivity index (χ2v) is 5.63. The highest BCUT2D eigenvalue weighted by Crippen LogP contribution is 2.21. The van der Waals surface area contributed by atoms with Gasteiger partial charge >= 0.3 is 6.03 Å². The SMILES string of the molecule is C=CCN(S)C(=O)Nc1ccc2nc(-c3ccc(O)cc3)cnc2n1. The third kappa shape index (κ3) is 3.86. The summed E-state index contributed by atoms with van der Waals surface area (Å²) in [7, 11) is 0. The minimum Gasteiger partial charge on any atom is -0.508 e. The fourth-order valence-corrected chi connectivity index (χ4v) is 2.29. The quantitative estimate of drug-likeness (QED) is 0.495. The van der Waals surface area contributed by atoms with E-state index in [0.717, 1.165) is 5.56 Å². The first-order valence-corrected chi connectivity index (χ1v) is 7.78. The molecule has 25 heavy (non-hydrogen) atoms. The Bertz CT molecular complexity index is 930. The zero-order chi connectivity index (χ0) is 17.8. The highest BCUT2D eigenvalue weighted by molar-refractivity contribution is 7.78. The van der Waals surface area contributed by atoms with Crippen LogP contribution in [0.1, 0.15) is 0 Å². The zero-order valence-corrected chi connectivity index (χ0v) is 14.0. The number of nitrogens with one attached hydrogen (secondary N) is 1. The molecule has 0 bridgehead atoms. The number of urea groups is 1. The number of anilines is 1. The van der Waals surface area contributed by atoms with Gasteiger partial charge in [0, 0.05) is 5.56 Å². The standard InChI is InChI=1S/C17H15N5O2S/c1-2-9-22(25)17(24)21-15-8-7-13-16(20-15)18-10-14(19-13)11-3-5-12(23)6-4-11/h2-8,10,23,25H,1,9H2,(H,18,20,21,24). The summed E-state index contributed by atoms with van der Waals surface area (Å²) < 4.78 is 1.18. The van der Waals surface area contributed by atoms with Crippen molar-refractivity contribution in [2.75, 3.05) is 11.9 Å². The van der Waals surface area contributed by atoms with Crippen molar-refractivity contribution in [2.24, 2.45) is 0 Å². The summed E-state index contributed by atoms with van der Waals surface area (Å²) in [5.41, 5.74) is 2.51. The first kappa shape index (κ1) is 16.7. The Kier molecular flexibility index (Phi) is 4.80. The molecule has 1 aromatic carbocycles. The molecule has 2 N–H and O–H groups in total. The maximum absolute atomic E-state index is 11.9. The molecule has 2 heterocycles. The number of fused-ring (bicyclic) bond motifs is 1. The van der Waals surface area contributed by atoms with Crippen LogP contribution in [0.3, 0.4) is 0 Å². The molecule has 8 heteroatoms. The van der Waals surface area contributed by atoms with Gasteiger partial charge in [-0.2, -0.15) is 0 Å². The number of nitrogens with zero attached hydrogens (tertiary/aromatic N) is 4. The molecular formula is C17H15N5O2S. The predicted octanol–water partition coefficient (Wildman–Crippen LogP) is 3.26. The topological polar surface area (TPSA) is 91.2 Å². The van der Waals surface area contributed by atoms with Gasteiger partial charge in [-0.3, -0.25) is 9.62 Å². The van der Waals surface area contributed by atoms with Gasteiger partial charge in [0.2, 0.25) is 0 Å². The fourth-order valence-electron chi connectivity index (χ4n) is 2.12. The zero-order valence-electron chi connectivity index (χ0n) is 13.1. The van der Waals surface area contributed by atoms with Crippen molar-refractivity contribution >= 4 is 35.8 Å². The van der Waals surface area contributed by atoms with E-state index < -0.39 is 6.03 Å². The maximum Gasteiger partial charge on any atom is 0.333 e. The third-order valence-corrected chi connectivity index (χ3v) is 3.68. The highest BCUT2D eigenvalue weighted by Gasteiger charge is 2.10. The number of benzene rings is 1. The first-order chi connectivity index (χ1) is 12.1. The fraction of sp³-hybridized carbons (Fsp3) is 0.0588. The number of hydrogen-bond acceptors (Lipinski definition) is 6. The van der Waals surface area contributed by atoms with E-state index in [9.17, 15) is 9.90 Å². The van der Waals surface area contributed by atoms with Crippen LogP contribution in [0.15, 0.2) is 55.3 Å². The van der Waals surface area contributed by atoms with Gasteiger partial charge in [0.1, 0.15) is 17.1 Å². The number of phenolic OH excluding ortho intramolecular Hbond substituents is 1. The molecule has 3 rings (SSSR count). The minimum absolute atomic E-state index is 0.189. The summed E-state index contributed by atoms with van der Waals surface area (Å²) in [6, 6.07) is 9.65. The number of rotatable bonds is 4. The predicted molar refractivity (Wildman–Crippen MR) is 99.3 cm³/mol. The molecule has 0 radical (unpaired) electrons. The molecule has 2 aromatic heterocycles. The van der Waals surface area contributed by atoms with Gasteiger partial charge in [0.15, 0.2) is 5.65 Å². The van der Waals surface area contributed by atoms with Crippen molar-refractivity contribution in [1.82, 2.24) is 19.3 Å². The second kappa shape index (κ2) is 7.18. The smallest absolute Gasteiger partial charge is 0.333 e. The Morgan fingerprint density at radius 3 is 2.72 bits per heavy atom. The lowest BCUT2D eigenvalue weighted by Gasteiger charge is -2.13. The summed E-state index contributed by atoms with van der Waals surface area (Å²) in [4.78, 5) is 25.0. The summed E-state index contributed by atoms with van der Waals surface area (Å²) >= 11 is 4.05. The molecule has 0 saturated carbocycles. The van der Waals surface area contributed by atoms with E-state index >= 15 is 0 Å². The molecule has 3 aromatic rings. The Hall–Kier alpha value is -3.13. The largest absolute Gasteiger partial charge is 0.508 e. The molecule has 0 aliphatic rings. The number of hydrogen-bond donors (Lipinski definition) is 3. The summed E-state index contributed by atoms with van der Waals surface area (Å²) in [6.45, 7) is 3.85. The normalized spacial score (nSPS) is 10.4. The molecule has 126 valence electrons. The molecule has 0 atom stereocenters. The van der Waals surface area contributed by atoms with E-state index in [0.29, 0.717) is 29.2 Å². The molecule has 0 spiro atoms. The Balaban J connectivity index is 1.84. The number of phenols is 1. The lowest BCUT2D eigenvalue weighted by atomic mass is 10.1. The molecule has 0 unspecified atom stereocenters. The Morgan fingerprint density at radius 1 is 1.24 bits per heavy atom. The van der Waals surface area contributed by atoms with Crippen LogP contribution in [0.2, 0.25) is 0 Å². The average molecular weight is 353 g/mol. The first-order valence-electron chi connectivity index (χ1n) is 7.38. The van der Waals surface area contributed by atoms with Crippen molar-refractivity contribution in [3.63, 3.8) is 0 Å². The summed E-state index contributed by atoms with van der Waals surface area (Å²) in [5.74, 6) is 0.543. The number of amides is 2. The Labute approximate surface area is 149 Å². The van der Waals surface area contributed by atoms with Gasteiger partial charge in [-0.1, -0.05) is 18.9 Å². The van der Waals surface area contributed by atoms with Gasteiger partial charge in [0.05, 0.1) is 18.4 Å². The highest BCUT2D eigenvalue weighted by atomic mass is 32.1. The van der Waals surface area contributed by atoms with E-state index in [4.69, 9.17) is 0 Å². The van der Waals surface area contributed by atoms with Crippen LogP contribution >= 0.6 is 12.8 Å². The van der Waals surface area contributed by atoms with Crippen molar-refractivity contribution in [3.8, 4) is 17.0 Å². The van der Waals surface area contributed by atoms with Crippen LogP contribution in [-0.2, 0) is 0 Å². The van der Waals surface area contributed by atoms with Crippen molar-refractivity contribution in [3.05, 3.63) is 55.3 Å². The number of carbonyl (C=O) groups excluding carboxylic acids is 1. The molecule has 0 aliphatic heterocycles. The van der Waals surface area contributed by atoms with Crippen LogP contribution in [-0.4, -0.2) is 36.9 Å². The Morgan fingerprint density at radius 2 is 2.00 bits per heavy atom. The van der Waals surface area contributed by atoms with Crippen LogP contribution in [0, 0.1) is 0 Å². The molecule has 7 nitrogen and oxygen atoms in total. The van der Waals surface area contributed by atoms with Gasteiger partial charge in [-0.15, -0.1) is 6.58 Å². The van der Waals surface area contributed by atoms with Gasteiger partial charge in [-0.05, 0) is 36.4 Å². The molecule has 2 amide bonds. The number of pyridine rings is 1. The number of aromatic hydroxyl groups is 1. The van der Waals surface area contributed by atoms with E-state index in [1.807, 2.05) is 0 Å². The lowest BCUT2D eigenvalue weighted by molar-refractivity contribution is 0.241. The number of aromatic nitrogens is 3. The van der Waals surface area contributed by atoms with Crippen LogP contribution < -0.4 is 5.32 Å². The molecule has 0 fully saturated rings. The number of carbonyl (C=O) groups is 1. The molecule has 0 saturated heterocycles. The molecule has 0 aliphatic carbocycles. The lowest BCUT2D eigenvalue weighted by Crippen LogP contribution is -2.27. The van der Waals surface area contributed by atoms with Gasteiger partial charge < -0.3 is 5.11 Å². The van der Waals surface area contributed by atoms with Crippen LogP contribution in [0.4, 0.5) is 10.6 Å². The second-order valence-electron chi connectivity index (χ2n) is 5.14. The van der Waals surface area contributed by atoms with E-state index in [1.165, 1.54) is 4.31 Å². The maximum atomic E-state index is 11.9. The molecular weight excluding hydrogens is 338 g/mol. The van der Waals surface area contributed by atoms with E-state index in [1.54, 1.807) is 48.7 Å². The average Bonchev–Trinajstić information content (AvgIpc) is 2.62. The summed E-state index contributed by atoms with van der Waals surface area (Å²) in [6.07, 6.45) is 3.16. The van der Waals surface area contributed by atoms with Crippen LogP contribution in [0.25, 0.3) is 22.4 Å². The number of thiol groups is 1. The summed E-state index contributed by atoms with van der Waals surface area (Å²) in [5, 5.41) is 12.0. The third-order valence-electron chi connectivity index (χ3n) is 3.34.